The molecule has 0 amide bonds. The normalized spacial score (nSPS) is 17.8. The van der Waals surface area contributed by atoms with Gasteiger partial charge in [0.15, 0.2) is 0 Å². The van der Waals surface area contributed by atoms with E-state index in [1.165, 1.54) is 5.57 Å². The van der Waals surface area contributed by atoms with Crippen molar-refractivity contribution in [3.8, 4) is 0 Å². The monoisotopic (exact) mass is 215 g/mol. The van der Waals surface area contributed by atoms with Crippen molar-refractivity contribution in [2.45, 2.75) is 25.9 Å². The van der Waals surface area contributed by atoms with Crippen molar-refractivity contribution in [2.24, 2.45) is 5.73 Å². The Balaban J connectivity index is 2.30. The average Bonchev–Trinajstić information content (AvgIpc) is 2.28. The summed E-state index contributed by atoms with van der Waals surface area (Å²) >= 11 is 0. The van der Waals surface area contributed by atoms with Crippen molar-refractivity contribution in [3.63, 3.8) is 0 Å². The maximum atomic E-state index is 5.52. The molecule has 1 aliphatic heterocycles. The van der Waals surface area contributed by atoms with Gasteiger partial charge in [-0.25, -0.2) is 0 Å². The van der Waals surface area contributed by atoms with Crippen LogP contribution in [0.3, 0.4) is 0 Å². The highest BCUT2D eigenvalue weighted by Gasteiger charge is 2.16. The standard InChI is InChI=1S/C13H17N3/c1-13(2)7-10(5-6-16-13)11-3-4-12(8-14)15-9-11/h3-7,9,16H,8,14H2,1-2H3. The number of pyridine rings is 1. The molecule has 0 aliphatic carbocycles. The van der Waals surface area contributed by atoms with E-state index >= 15 is 0 Å². The first-order chi connectivity index (χ1) is 7.61. The van der Waals surface area contributed by atoms with E-state index in [0.717, 1.165) is 11.3 Å². The van der Waals surface area contributed by atoms with E-state index in [1.807, 2.05) is 18.5 Å². The van der Waals surface area contributed by atoms with Crippen molar-refractivity contribution < 1.29 is 0 Å². The molecule has 0 radical (unpaired) electrons. The highest BCUT2D eigenvalue weighted by Crippen LogP contribution is 2.22. The molecule has 2 rings (SSSR count). The van der Waals surface area contributed by atoms with E-state index < -0.39 is 0 Å². The number of rotatable bonds is 2. The molecule has 0 fully saturated rings. The number of allylic oxidation sites excluding steroid dienone is 2. The zero-order valence-corrected chi connectivity index (χ0v) is 9.70. The van der Waals surface area contributed by atoms with Gasteiger partial charge in [0.05, 0.1) is 11.2 Å². The van der Waals surface area contributed by atoms with E-state index in [4.69, 9.17) is 5.73 Å². The van der Waals surface area contributed by atoms with E-state index in [1.54, 1.807) is 0 Å². The highest BCUT2D eigenvalue weighted by molar-refractivity contribution is 5.75. The lowest BCUT2D eigenvalue weighted by Crippen LogP contribution is -2.34. The Kier molecular flexibility index (Phi) is 2.79. The third-order valence-electron chi connectivity index (χ3n) is 2.60. The summed E-state index contributed by atoms with van der Waals surface area (Å²) in [6.07, 6.45) is 8.11. The fraction of sp³-hybridized carbons (Fsp3) is 0.308. The molecular weight excluding hydrogens is 198 g/mol. The number of hydrogen-bond acceptors (Lipinski definition) is 3. The van der Waals surface area contributed by atoms with Gasteiger partial charge in [0.25, 0.3) is 0 Å². The molecule has 1 aromatic rings. The van der Waals surface area contributed by atoms with Crippen molar-refractivity contribution in [1.29, 1.82) is 0 Å². The Morgan fingerprint density at radius 2 is 2.19 bits per heavy atom. The summed E-state index contributed by atoms with van der Waals surface area (Å²) in [5.74, 6) is 0. The van der Waals surface area contributed by atoms with Crippen LogP contribution in [-0.4, -0.2) is 10.5 Å². The van der Waals surface area contributed by atoms with Crippen LogP contribution < -0.4 is 11.1 Å². The molecule has 16 heavy (non-hydrogen) atoms. The molecule has 1 aliphatic rings. The number of nitrogens with two attached hydrogens (primary N) is 1. The van der Waals surface area contributed by atoms with Gasteiger partial charge in [0.2, 0.25) is 0 Å². The van der Waals surface area contributed by atoms with E-state index in [2.05, 4.69) is 42.4 Å². The lowest BCUT2D eigenvalue weighted by atomic mass is 9.95. The number of aromatic nitrogens is 1. The molecule has 1 aromatic heterocycles. The van der Waals surface area contributed by atoms with Crippen molar-refractivity contribution in [3.05, 3.63) is 47.9 Å². The first-order valence-electron chi connectivity index (χ1n) is 5.43. The van der Waals surface area contributed by atoms with Crippen LogP contribution in [0.15, 0.2) is 36.7 Å². The van der Waals surface area contributed by atoms with Gasteiger partial charge in [-0.1, -0.05) is 12.1 Å². The summed E-state index contributed by atoms with van der Waals surface area (Å²) in [5.41, 5.74) is 8.76. The van der Waals surface area contributed by atoms with Gasteiger partial charge in [-0.15, -0.1) is 0 Å². The van der Waals surface area contributed by atoms with Gasteiger partial charge in [-0.2, -0.15) is 0 Å². The highest BCUT2D eigenvalue weighted by atomic mass is 14.9. The zero-order chi connectivity index (χ0) is 11.6. The van der Waals surface area contributed by atoms with Crippen LogP contribution in [0.2, 0.25) is 0 Å². The minimum Gasteiger partial charge on any atom is -0.382 e. The smallest absolute Gasteiger partial charge is 0.0539 e. The fourth-order valence-electron chi connectivity index (χ4n) is 1.72. The van der Waals surface area contributed by atoms with Crippen molar-refractivity contribution >= 4 is 5.57 Å². The van der Waals surface area contributed by atoms with E-state index in [9.17, 15) is 0 Å². The second kappa shape index (κ2) is 4.10. The Morgan fingerprint density at radius 1 is 1.38 bits per heavy atom. The largest absolute Gasteiger partial charge is 0.382 e. The Bertz CT molecular complexity index is 427. The minimum atomic E-state index is -0.00335. The Labute approximate surface area is 96.1 Å². The molecule has 2 heterocycles. The first kappa shape index (κ1) is 10.9. The SMILES string of the molecule is CC1(C)C=C(c2ccc(CN)nc2)C=CN1. The predicted octanol–water partition coefficient (Wildman–Crippen LogP) is 1.82. The molecule has 84 valence electrons. The lowest BCUT2D eigenvalue weighted by Gasteiger charge is -2.26. The average molecular weight is 215 g/mol. The van der Waals surface area contributed by atoms with Gasteiger partial charge in [-0.3, -0.25) is 4.98 Å². The van der Waals surface area contributed by atoms with Crippen LogP contribution in [0.1, 0.15) is 25.1 Å². The predicted molar refractivity (Wildman–Crippen MR) is 66.5 cm³/mol. The van der Waals surface area contributed by atoms with Gasteiger partial charge < -0.3 is 11.1 Å². The summed E-state index contributed by atoms with van der Waals surface area (Å²) < 4.78 is 0. The Morgan fingerprint density at radius 3 is 2.75 bits per heavy atom. The summed E-state index contributed by atoms with van der Waals surface area (Å²) in [6, 6.07) is 4.03. The number of nitrogens with one attached hydrogen (secondary N) is 1. The third kappa shape index (κ3) is 2.31. The second-order valence-electron chi connectivity index (χ2n) is 4.54. The fourth-order valence-corrected chi connectivity index (χ4v) is 1.72. The maximum Gasteiger partial charge on any atom is 0.0539 e. The topological polar surface area (TPSA) is 50.9 Å². The number of hydrogen-bond donors (Lipinski definition) is 2. The summed E-state index contributed by atoms with van der Waals surface area (Å²) in [5, 5.41) is 3.28. The van der Waals surface area contributed by atoms with Crippen molar-refractivity contribution in [2.75, 3.05) is 0 Å². The van der Waals surface area contributed by atoms with Crippen LogP contribution >= 0.6 is 0 Å². The van der Waals surface area contributed by atoms with E-state index in [0.29, 0.717) is 6.54 Å². The van der Waals surface area contributed by atoms with Crippen molar-refractivity contribution in [1.82, 2.24) is 10.3 Å². The van der Waals surface area contributed by atoms with Gasteiger partial charge >= 0.3 is 0 Å². The quantitative estimate of drug-likeness (QED) is 0.791. The summed E-state index contributed by atoms with van der Waals surface area (Å²) in [7, 11) is 0. The Hall–Kier alpha value is -1.61. The van der Waals surface area contributed by atoms with Crippen LogP contribution in [0.4, 0.5) is 0 Å². The molecule has 0 bridgehead atoms. The van der Waals surface area contributed by atoms with Gasteiger partial charge in [0, 0.05) is 12.7 Å². The van der Waals surface area contributed by atoms with Gasteiger partial charge in [0.1, 0.15) is 0 Å². The van der Waals surface area contributed by atoms with Crippen LogP contribution in [0, 0.1) is 0 Å². The number of nitrogens with zero attached hydrogens (tertiary/aromatic N) is 1. The molecule has 0 saturated carbocycles. The second-order valence-corrected chi connectivity index (χ2v) is 4.54. The molecule has 0 saturated heterocycles. The molecule has 3 N–H and O–H groups in total. The first-order valence-corrected chi connectivity index (χ1v) is 5.43. The zero-order valence-electron chi connectivity index (χ0n) is 9.70. The van der Waals surface area contributed by atoms with Crippen LogP contribution in [0.5, 0.6) is 0 Å². The molecule has 0 unspecified atom stereocenters. The molecule has 0 aromatic carbocycles. The van der Waals surface area contributed by atoms with Crippen LogP contribution in [-0.2, 0) is 6.54 Å². The molecule has 0 atom stereocenters. The minimum absolute atomic E-state index is 0.00335. The molecule has 0 spiro atoms. The van der Waals surface area contributed by atoms with Crippen LogP contribution in [0.25, 0.3) is 5.57 Å². The summed E-state index contributed by atoms with van der Waals surface area (Å²) in [4.78, 5) is 4.30. The molecular formula is C13H17N3. The van der Waals surface area contributed by atoms with Gasteiger partial charge in [-0.05, 0) is 43.3 Å². The lowest BCUT2D eigenvalue weighted by molar-refractivity contribution is 0.550. The van der Waals surface area contributed by atoms with E-state index in [-0.39, 0.29) is 5.54 Å². The maximum absolute atomic E-state index is 5.52. The third-order valence-corrected chi connectivity index (χ3v) is 2.60. The summed E-state index contributed by atoms with van der Waals surface area (Å²) in [6.45, 7) is 4.76. The number of dihydropyridines is 1. The molecule has 3 nitrogen and oxygen atoms in total. The molecule has 3 heteroatoms.